The number of hydrogen-bond acceptors (Lipinski definition) is 2. The van der Waals surface area contributed by atoms with Gasteiger partial charge in [-0.05, 0) is 62.9 Å². The molecule has 1 aliphatic heterocycles. The number of carbonyl (C=O) groups excluding carboxylic acids is 1. The first-order chi connectivity index (χ1) is 8.30. The standard InChI is InChI=1S/C14H24N2O/c17-13(11-4-8-15-9-5-11)16-10-14(6-1-7-14)12-2-3-12/h11-12,15H,1-10H2,(H,16,17). The van der Waals surface area contributed by atoms with E-state index in [0.29, 0.717) is 11.3 Å². The van der Waals surface area contributed by atoms with E-state index in [0.717, 1.165) is 38.4 Å². The number of piperidine rings is 1. The fraction of sp³-hybridized carbons (Fsp3) is 0.929. The largest absolute Gasteiger partial charge is 0.355 e. The van der Waals surface area contributed by atoms with Gasteiger partial charge in [0.05, 0.1) is 0 Å². The first-order valence-corrected chi connectivity index (χ1v) is 7.29. The lowest BCUT2D eigenvalue weighted by Crippen LogP contribution is -2.46. The van der Waals surface area contributed by atoms with Crippen molar-refractivity contribution in [2.24, 2.45) is 17.3 Å². The smallest absolute Gasteiger partial charge is 0.223 e. The van der Waals surface area contributed by atoms with E-state index in [-0.39, 0.29) is 5.92 Å². The van der Waals surface area contributed by atoms with Crippen LogP contribution in [-0.4, -0.2) is 25.5 Å². The van der Waals surface area contributed by atoms with E-state index in [1.807, 2.05) is 0 Å². The maximum atomic E-state index is 12.1. The van der Waals surface area contributed by atoms with Gasteiger partial charge in [0.1, 0.15) is 0 Å². The summed E-state index contributed by atoms with van der Waals surface area (Å²) in [6.45, 7) is 2.97. The molecule has 3 nitrogen and oxygen atoms in total. The summed E-state index contributed by atoms with van der Waals surface area (Å²) in [6, 6.07) is 0. The van der Waals surface area contributed by atoms with Gasteiger partial charge in [-0.2, -0.15) is 0 Å². The average molecular weight is 236 g/mol. The maximum Gasteiger partial charge on any atom is 0.223 e. The third-order valence-electron chi connectivity index (χ3n) is 5.12. The fourth-order valence-corrected chi connectivity index (χ4v) is 3.55. The Kier molecular flexibility index (Phi) is 3.12. The summed E-state index contributed by atoms with van der Waals surface area (Å²) in [4.78, 5) is 12.1. The van der Waals surface area contributed by atoms with Gasteiger partial charge in [-0.25, -0.2) is 0 Å². The summed E-state index contributed by atoms with van der Waals surface area (Å²) in [5, 5.41) is 6.56. The molecule has 1 amide bonds. The highest BCUT2D eigenvalue weighted by Crippen LogP contribution is 2.56. The van der Waals surface area contributed by atoms with Crippen LogP contribution in [0, 0.1) is 17.3 Å². The minimum absolute atomic E-state index is 0.271. The molecule has 0 unspecified atom stereocenters. The number of rotatable bonds is 4. The molecule has 2 N–H and O–H groups in total. The molecule has 0 radical (unpaired) electrons. The van der Waals surface area contributed by atoms with Gasteiger partial charge in [0.25, 0.3) is 0 Å². The molecule has 17 heavy (non-hydrogen) atoms. The van der Waals surface area contributed by atoms with E-state index >= 15 is 0 Å². The van der Waals surface area contributed by atoms with Crippen molar-refractivity contribution in [3.05, 3.63) is 0 Å². The van der Waals surface area contributed by atoms with Crippen molar-refractivity contribution in [1.82, 2.24) is 10.6 Å². The third kappa shape index (κ3) is 2.35. The van der Waals surface area contributed by atoms with E-state index in [9.17, 15) is 4.79 Å². The van der Waals surface area contributed by atoms with Gasteiger partial charge in [-0.15, -0.1) is 0 Å². The lowest BCUT2D eigenvalue weighted by Gasteiger charge is -2.43. The molecular formula is C14H24N2O. The van der Waals surface area contributed by atoms with Crippen LogP contribution in [0.3, 0.4) is 0 Å². The van der Waals surface area contributed by atoms with Gasteiger partial charge in [0, 0.05) is 12.5 Å². The Labute approximate surface area is 104 Å². The Morgan fingerprint density at radius 2 is 1.88 bits per heavy atom. The molecule has 0 bridgehead atoms. The second-order valence-corrected chi connectivity index (χ2v) is 6.23. The molecule has 0 aromatic carbocycles. The molecule has 1 saturated heterocycles. The molecule has 3 rings (SSSR count). The van der Waals surface area contributed by atoms with E-state index in [1.165, 1.54) is 32.1 Å². The zero-order chi connectivity index (χ0) is 11.7. The molecule has 0 aromatic heterocycles. The lowest BCUT2D eigenvalue weighted by molar-refractivity contribution is -0.126. The maximum absolute atomic E-state index is 12.1. The Hall–Kier alpha value is -0.570. The summed E-state index contributed by atoms with van der Waals surface area (Å²) in [5.41, 5.74) is 0.516. The van der Waals surface area contributed by atoms with Crippen LogP contribution in [-0.2, 0) is 4.79 Å². The van der Waals surface area contributed by atoms with Gasteiger partial charge in [-0.1, -0.05) is 6.42 Å². The van der Waals surface area contributed by atoms with Crippen LogP contribution >= 0.6 is 0 Å². The van der Waals surface area contributed by atoms with Gasteiger partial charge >= 0.3 is 0 Å². The zero-order valence-electron chi connectivity index (χ0n) is 10.6. The highest BCUT2D eigenvalue weighted by Gasteiger charge is 2.49. The zero-order valence-corrected chi connectivity index (χ0v) is 10.6. The number of hydrogen-bond donors (Lipinski definition) is 2. The van der Waals surface area contributed by atoms with Crippen molar-refractivity contribution in [3.63, 3.8) is 0 Å². The van der Waals surface area contributed by atoms with Gasteiger partial charge < -0.3 is 10.6 Å². The number of carbonyl (C=O) groups is 1. The lowest BCUT2D eigenvalue weighted by atomic mass is 9.65. The molecule has 96 valence electrons. The molecule has 2 aliphatic carbocycles. The highest BCUT2D eigenvalue weighted by atomic mass is 16.1. The fourth-order valence-electron chi connectivity index (χ4n) is 3.55. The van der Waals surface area contributed by atoms with Crippen LogP contribution in [0.5, 0.6) is 0 Å². The predicted octanol–water partition coefficient (Wildman–Crippen LogP) is 1.68. The van der Waals surface area contributed by atoms with Gasteiger partial charge in [0.2, 0.25) is 5.91 Å². The van der Waals surface area contributed by atoms with Crippen molar-refractivity contribution in [1.29, 1.82) is 0 Å². The SMILES string of the molecule is O=C(NCC1(C2CC2)CCC1)C1CCNCC1. The molecule has 0 atom stereocenters. The third-order valence-corrected chi connectivity index (χ3v) is 5.12. The van der Waals surface area contributed by atoms with Crippen LogP contribution in [0.15, 0.2) is 0 Å². The monoisotopic (exact) mass is 236 g/mol. The minimum Gasteiger partial charge on any atom is -0.355 e. The van der Waals surface area contributed by atoms with Crippen molar-refractivity contribution < 1.29 is 4.79 Å². The van der Waals surface area contributed by atoms with Gasteiger partial charge in [-0.3, -0.25) is 4.79 Å². The van der Waals surface area contributed by atoms with E-state index in [1.54, 1.807) is 0 Å². The van der Waals surface area contributed by atoms with Crippen LogP contribution in [0.25, 0.3) is 0 Å². The van der Waals surface area contributed by atoms with Crippen LogP contribution in [0.4, 0.5) is 0 Å². The quantitative estimate of drug-likeness (QED) is 0.780. The highest BCUT2D eigenvalue weighted by molar-refractivity contribution is 5.78. The molecule has 3 aliphatic rings. The summed E-state index contributed by atoms with van der Waals surface area (Å²) >= 11 is 0. The molecule has 1 heterocycles. The average Bonchev–Trinajstić information content (AvgIpc) is 3.13. The molecule has 3 heteroatoms. The first kappa shape index (κ1) is 11.5. The Balaban J connectivity index is 1.48. The second-order valence-electron chi connectivity index (χ2n) is 6.23. The molecular weight excluding hydrogens is 212 g/mol. The topological polar surface area (TPSA) is 41.1 Å². The normalized spacial score (nSPS) is 28.5. The van der Waals surface area contributed by atoms with Crippen molar-refractivity contribution in [3.8, 4) is 0 Å². The van der Waals surface area contributed by atoms with Crippen LogP contribution in [0.1, 0.15) is 44.9 Å². The first-order valence-electron chi connectivity index (χ1n) is 7.29. The van der Waals surface area contributed by atoms with Crippen molar-refractivity contribution in [2.75, 3.05) is 19.6 Å². The number of amides is 1. The summed E-state index contributed by atoms with van der Waals surface area (Å²) < 4.78 is 0. The molecule has 0 aromatic rings. The molecule has 2 saturated carbocycles. The minimum atomic E-state index is 0.271. The van der Waals surface area contributed by atoms with Crippen molar-refractivity contribution in [2.45, 2.75) is 44.9 Å². The Morgan fingerprint density at radius 3 is 2.41 bits per heavy atom. The molecule has 0 spiro atoms. The van der Waals surface area contributed by atoms with Crippen molar-refractivity contribution >= 4 is 5.91 Å². The van der Waals surface area contributed by atoms with Gasteiger partial charge in [0.15, 0.2) is 0 Å². The van der Waals surface area contributed by atoms with E-state index < -0.39 is 0 Å². The Bertz CT molecular complexity index is 289. The van der Waals surface area contributed by atoms with Crippen LogP contribution in [0.2, 0.25) is 0 Å². The molecule has 3 fully saturated rings. The second kappa shape index (κ2) is 4.60. The summed E-state index contributed by atoms with van der Waals surface area (Å²) in [5.74, 6) is 1.52. The number of nitrogens with one attached hydrogen (secondary N) is 2. The summed E-state index contributed by atoms with van der Waals surface area (Å²) in [7, 11) is 0. The predicted molar refractivity (Wildman–Crippen MR) is 67.6 cm³/mol. The Morgan fingerprint density at radius 1 is 1.18 bits per heavy atom. The van der Waals surface area contributed by atoms with E-state index in [4.69, 9.17) is 0 Å². The van der Waals surface area contributed by atoms with E-state index in [2.05, 4.69) is 10.6 Å². The summed E-state index contributed by atoms with van der Waals surface area (Å²) in [6.07, 6.45) is 8.92. The van der Waals surface area contributed by atoms with Crippen LogP contribution < -0.4 is 10.6 Å².